The van der Waals surface area contributed by atoms with Crippen LogP contribution < -0.4 is 0 Å². The van der Waals surface area contributed by atoms with Crippen molar-refractivity contribution in [3.8, 4) is 0 Å². The van der Waals surface area contributed by atoms with E-state index in [1.54, 1.807) is 4.90 Å². The third-order valence-corrected chi connectivity index (χ3v) is 2.75. The van der Waals surface area contributed by atoms with E-state index in [1.165, 1.54) is 7.11 Å². The lowest BCUT2D eigenvalue weighted by Crippen LogP contribution is -2.25. The molecular formula is C10H17NO3. The molecule has 1 rings (SSSR count). The van der Waals surface area contributed by atoms with Gasteiger partial charge in [-0.1, -0.05) is 0 Å². The first-order valence-corrected chi connectivity index (χ1v) is 4.94. The zero-order valence-electron chi connectivity index (χ0n) is 8.78. The second kappa shape index (κ2) is 4.98. The molecule has 1 saturated heterocycles. The zero-order valence-corrected chi connectivity index (χ0v) is 8.78. The topological polar surface area (TPSA) is 46.6 Å². The van der Waals surface area contributed by atoms with Gasteiger partial charge in [-0.05, 0) is 18.8 Å². The summed E-state index contributed by atoms with van der Waals surface area (Å²) in [5, 5.41) is 0. The molecule has 14 heavy (non-hydrogen) atoms. The Labute approximate surface area is 84.2 Å². The van der Waals surface area contributed by atoms with Gasteiger partial charge in [-0.2, -0.15) is 0 Å². The van der Waals surface area contributed by atoms with E-state index in [0.29, 0.717) is 18.8 Å². The van der Waals surface area contributed by atoms with Crippen LogP contribution in [0.1, 0.15) is 25.7 Å². The predicted molar refractivity (Wildman–Crippen MR) is 51.6 cm³/mol. The highest BCUT2D eigenvalue weighted by Crippen LogP contribution is 2.20. The fourth-order valence-corrected chi connectivity index (χ4v) is 1.69. The number of methoxy groups -OCH3 is 1. The van der Waals surface area contributed by atoms with Crippen molar-refractivity contribution in [2.75, 3.05) is 20.7 Å². The van der Waals surface area contributed by atoms with Crippen LogP contribution in [0.3, 0.4) is 0 Å². The Morgan fingerprint density at radius 2 is 2.29 bits per heavy atom. The fraction of sp³-hybridized carbons (Fsp3) is 0.800. The summed E-state index contributed by atoms with van der Waals surface area (Å²) >= 11 is 0. The first-order valence-electron chi connectivity index (χ1n) is 4.94. The number of ether oxygens (including phenoxy) is 1. The molecule has 1 aliphatic heterocycles. The maximum Gasteiger partial charge on any atom is 0.305 e. The quantitative estimate of drug-likeness (QED) is 0.618. The van der Waals surface area contributed by atoms with Crippen molar-refractivity contribution in [1.29, 1.82) is 0 Å². The number of carbonyl (C=O) groups is 2. The van der Waals surface area contributed by atoms with Gasteiger partial charge in [0, 0.05) is 26.4 Å². The van der Waals surface area contributed by atoms with Gasteiger partial charge in [0.05, 0.1) is 7.11 Å². The van der Waals surface area contributed by atoms with E-state index < -0.39 is 0 Å². The van der Waals surface area contributed by atoms with E-state index in [0.717, 1.165) is 19.4 Å². The Bertz CT molecular complexity index is 227. The Morgan fingerprint density at radius 1 is 1.57 bits per heavy atom. The predicted octanol–water partition coefficient (Wildman–Crippen LogP) is 0.808. The van der Waals surface area contributed by atoms with Crippen LogP contribution in [0, 0.1) is 5.92 Å². The minimum absolute atomic E-state index is 0.174. The number of carbonyl (C=O) groups excluding carboxylic acids is 2. The number of hydrogen-bond donors (Lipinski definition) is 0. The number of hydrogen-bond acceptors (Lipinski definition) is 3. The Balaban J connectivity index is 2.41. The Hall–Kier alpha value is -1.06. The van der Waals surface area contributed by atoms with Gasteiger partial charge in [-0.25, -0.2) is 0 Å². The first-order chi connectivity index (χ1) is 6.63. The van der Waals surface area contributed by atoms with Crippen LogP contribution in [-0.4, -0.2) is 37.5 Å². The zero-order chi connectivity index (χ0) is 10.6. The van der Waals surface area contributed by atoms with Gasteiger partial charge in [-0.15, -0.1) is 0 Å². The summed E-state index contributed by atoms with van der Waals surface area (Å²) in [6, 6.07) is 0. The van der Waals surface area contributed by atoms with Crippen molar-refractivity contribution >= 4 is 11.9 Å². The minimum atomic E-state index is -0.174. The third kappa shape index (κ3) is 3.01. The summed E-state index contributed by atoms with van der Waals surface area (Å²) in [7, 11) is 3.21. The van der Waals surface area contributed by atoms with Crippen LogP contribution in [0.2, 0.25) is 0 Å². The fourth-order valence-electron chi connectivity index (χ4n) is 1.69. The van der Waals surface area contributed by atoms with Gasteiger partial charge in [0.1, 0.15) is 0 Å². The molecule has 0 bridgehead atoms. The molecule has 0 aromatic heterocycles. The van der Waals surface area contributed by atoms with Gasteiger partial charge in [0.15, 0.2) is 0 Å². The molecule has 1 unspecified atom stereocenters. The van der Waals surface area contributed by atoms with Crippen LogP contribution in [-0.2, 0) is 14.3 Å². The summed E-state index contributed by atoms with van der Waals surface area (Å²) < 4.78 is 4.61. The van der Waals surface area contributed by atoms with Gasteiger partial charge in [-0.3, -0.25) is 9.59 Å². The third-order valence-electron chi connectivity index (χ3n) is 2.75. The lowest BCUT2D eigenvalue weighted by Gasteiger charge is -2.14. The van der Waals surface area contributed by atoms with Gasteiger partial charge < -0.3 is 9.64 Å². The SMILES string of the molecule is COC(=O)CC1CCC(=O)N(C)CC1. The lowest BCUT2D eigenvalue weighted by molar-refractivity contribution is -0.141. The smallest absolute Gasteiger partial charge is 0.305 e. The van der Waals surface area contributed by atoms with E-state index in [4.69, 9.17) is 0 Å². The summed E-state index contributed by atoms with van der Waals surface area (Å²) in [5.41, 5.74) is 0. The van der Waals surface area contributed by atoms with E-state index >= 15 is 0 Å². The summed E-state index contributed by atoms with van der Waals surface area (Å²) in [6.07, 6.45) is 2.70. The molecular weight excluding hydrogens is 182 g/mol. The number of rotatable bonds is 2. The highest BCUT2D eigenvalue weighted by molar-refractivity contribution is 5.76. The molecule has 0 spiro atoms. The van der Waals surface area contributed by atoms with Crippen LogP contribution in [0.4, 0.5) is 0 Å². The van der Waals surface area contributed by atoms with Crippen molar-refractivity contribution in [1.82, 2.24) is 4.90 Å². The maximum atomic E-state index is 11.3. The van der Waals surface area contributed by atoms with E-state index in [1.807, 2.05) is 7.05 Å². The standard InChI is InChI=1S/C10H17NO3/c1-11-6-5-8(3-4-9(11)12)7-10(13)14-2/h8H,3-7H2,1-2H3. The molecule has 1 atom stereocenters. The molecule has 1 fully saturated rings. The monoisotopic (exact) mass is 199 g/mol. The molecule has 1 heterocycles. The second-order valence-corrected chi connectivity index (χ2v) is 3.79. The van der Waals surface area contributed by atoms with Crippen molar-refractivity contribution < 1.29 is 14.3 Å². The van der Waals surface area contributed by atoms with E-state index in [2.05, 4.69) is 4.74 Å². The van der Waals surface area contributed by atoms with Crippen LogP contribution in [0.25, 0.3) is 0 Å². The van der Waals surface area contributed by atoms with Crippen LogP contribution >= 0.6 is 0 Å². The largest absolute Gasteiger partial charge is 0.469 e. The number of nitrogens with zero attached hydrogens (tertiary/aromatic N) is 1. The van der Waals surface area contributed by atoms with Gasteiger partial charge in [0.2, 0.25) is 5.91 Å². The molecule has 0 radical (unpaired) electrons. The molecule has 0 aromatic rings. The molecule has 4 nitrogen and oxygen atoms in total. The molecule has 1 aliphatic rings. The van der Waals surface area contributed by atoms with Crippen molar-refractivity contribution in [3.05, 3.63) is 0 Å². The minimum Gasteiger partial charge on any atom is -0.469 e. The number of esters is 1. The first kappa shape index (κ1) is 11.0. The van der Waals surface area contributed by atoms with E-state index in [-0.39, 0.29) is 11.9 Å². The van der Waals surface area contributed by atoms with Crippen molar-refractivity contribution in [3.63, 3.8) is 0 Å². The average molecular weight is 199 g/mol. The molecule has 4 heteroatoms. The molecule has 80 valence electrons. The molecule has 0 aromatic carbocycles. The molecule has 1 amide bonds. The highest BCUT2D eigenvalue weighted by atomic mass is 16.5. The molecule has 0 saturated carbocycles. The van der Waals surface area contributed by atoms with Gasteiger partial charge in [0.25, 0.3) is 0 Å². The Morgan fingerprint density at radius 3 is 2.93 bits per heavy atom. The van der Waals surface area contributed by atoms with Gasteiger partial charge >= 0.3 is 5.97 Å². The maximum absolute atomic E-state index is 11.3. The number of likely N-dealkylation sites (tertiary alicyclic amines) is 1. The lowest BCUT2D eigenvalue weighted by atomic mass is 9.97. The summed E-state index contributed by atoms with van der Waals surface area (Å²) in [5.74, 6) is 0.306. The molecule has 0 aliphatic carbocycles. The van der Waals surface area contributed by atoms with Crippen LogP contribution in [0.5, 0.6) is 0 Å². The normalized spacial score (nSPS) is 23.1. The van der Waals surface area contributed by atoms with Crippen molar-refractivity contribution in [2.24, 2.45) is 5.92 Å². The van der Waals surface area contributed by atoms with Crippen molar-refractivity contribution in [2.45, 2.75) is 25.7 Å². The second-order valence-electron chi connectivity index (χ2n) is 3.79. The average Bonchev–Trinajstić information content (AvgIpc) is 2.33. The number of amides is 1. The summed E-state index contributed by atoms with van der Waals surface area (Å²) in [4.78, 5) is 24.1. The van der Waals surface area contributed by atoms with Crippen LogP contribution in [0.15, 0.2) is 0 Å². The highest BCUT2D eigenvalue weighted by Gasteiger charge is 2.21. The van der Waals surface area contributed by atoms with E-state index in [9.17, 15) is 9.59 Å². The molecule has 0 N–H and O–H groups in total. The summed E-state index contributed by atoms with van der Waals surface area (Å²) in [6.45, 7) is 0.750. The Kier molecular flexibility index (Phi) is 3.92.